The van der Waals surface area contributed by atoms with E-state index in [9.17, 15) is 0 Å². The molecule has 0 saturated heterocycles. The van der Waals surface area contributed by atoms with Crippen molar-refractivity contribution in [3.8, 4) is 6.07 Å². The third-order valence-corrected chi connectivity index (χ3v) is 3.31. The van der Waals surface area contributed by atoms with Crippen molar-refractivity contribution in [3.63, 3.8) is 0 Å². The monoisotopic (exact) mass is 259 g/mol. The molecule has 1 aromatic rings. The number of rotatable bonds is 6. The molecule has 0 saturated carbocycles. The lowest BCUT2D eigenvalue weighted by molar-refractivity contribution is 0.503. The van der Waals surface area contributed by atoms with Crippen LogP contribution in [-0.2, 0) is 0 Å². The van der Waals surface area contributed by atoms with Crippen LogP contribution in [-0.4, -0.2) is 17.6 Å². The minimum absolute atomic E-state index is 0.489. The summed E-state index contributed by atoms with van der Waals surface area (Å²) in [4.78, 5) is 6.99. The van der Waals surface area contributed by atoms with Crippen LogP contribution >= 0.6 is 0 Å². The van der Waals surface area contributed by atoms with Crippen LogP contribution in [0.3, 0.4) is 0 Å². The third-order valence-electron chi connectivity index (χ3n) is 3.31. The highest BCUT2D eigenvalue weighted by atomic mass is 15.2. The van der Waals surface area contributed by atoms with E-state index in [1.165, 1.54) is 0 Å². The fourth-order valence-corrected chi connectivity index (χ4v) is 2.42. The lowest BCUT2D eigenvalue weighted by atomic mass is 10.1. The normalized spacial score (nSPS) is 10.8. The van der Waals surface area contributed by atoms with Crippen LogP contribution in [0.5, 0.6) is 0 Å². The van der Waals surface area contributed by atoms with Crippen LogP contribution in [0.15, 0.2) is 12.1 Å². The summed E-state index contributed by atoms with van der Waals surface area (Å²) in [7, 11) is 0. The van der Waals surface area contributed by atoms with Crippen LogP contribution in [0.1, 0.15) is 51.8 Å². The first-order valence-corrected chi connectivity index (χ1v) is 7.17. The minimum atomic E-state index is 0.489. The largest absolute Gasteiger partial charge is 0.353 e. The lowest BCUT2D eigenvalue weighted by Gasteiger charge is -2.33. The van der Waals surface area contributed by atoms with Gasteiger partial charge in [0.15, 0.2) is 0 Å². The van der Waals surface area contributed by atoms with Gasteiger partial charge in [-0.15, -0.1) is 0 Å². The van der Waals surface area contributed by atoms with E-state index >= 15 is 0 Å². The Morgan fingerprint density at radius 1 is 1.26 bits per heavy atom. The molecule has 0 radical (unpaired) electrons. The molecule has 0 bridgehead atoms. The van der Waals surface area contributed by atoms with Crippen LogP contribution in [0.4, 0.5) is 5.82 Å². The topological polar surface area (TPSA) is 39.9 Å². The maximum Gasteiger partial charge on any atom is 0.130 e. The average molecular weight is 259 g/mol. The summed E-state index contributed by atoms with van der Waals surface area (Å²) in [5, 5.41) is 9.11. The number of nitrogens with zero attached hydrogens (tertiary/aromatic N) is 3. The zero-order chi connectivity index (χ0) is 14.4. The summed E-state index contributed by atoms with van der Waals surface area (Å²) < 4.78 is 0. The molecule has 0 aliphatic carbocycles. The molecular formula is C16H25N3. The van der Waals surface area contributed by atoms with Crippen molar-refractivity contribution >= 4 is 5.82 Å². The van der Waals surface area contributed by atoms with Crippen molar-refractivity contribution < 1.29 is 0 Å². The van der Waals surface area contributed by atoms with Gasteiger partial charge in [-0.05, 0) is 37.8 Å². The minimum Gasteiger partial charge on any atom is -0.353 e. The Morgan fingerprint density at radius 3 is 2.37 bits per heavy atom. The quantitative estimate of drug-likeness (QED) is 0.777. The van der Waals surface area contributed by atoms with Gasteiger partial charge in [0.05, 0.1) is 11.6 Å². The van der Waals surface area contributed by atoms with Crippen LogP contribution in [0.2, 0.25) is 0 Å². The molecule has 104 valence electrons. The molecule has 0 aromatic carbocycles. The molecule has 0 spiro atoms. The van der Waals surface area contributed by atoms with Crippen LogP contribution in [0.25, 0.3) is 0 Å². The van der Waals surface area contributed by atoms with E-state index in [4.69, 9.17) is 5.26 Å². The van der Waals surface area contributed by atoms with Crippen molar-refractivity contribution in [3.05, 3.63) is 23.4 Å². The van der Waals surface area contributed by atoms with Gasteiger partial charge in [0, 0.05) is 18.3 Å². The Balaban J connectivity index is 3.16. The molecule has 0 unspecified atom stereocenters. The smallest absolute Gasteiger partial charge is 0.130 e. The van der Waals surface area contributed by atoms with Gasteiger partial charge in [-0.1, -0.05) is 27.7 Å². The number of anilines is 1. The summed E-state index contributed by atoms with van der Waals surface area (Å²) >= 11 is 0. The molecular weight excluding hydrogens is 234 g/mol. The van der Waals surface area contributed by atoms with E-state index < -0.39 is 0 Å². The summed E-state index contributed by atoms with van der Waals surface area (Å²) in [5.41, 5.74) is 1.61. The molecule has 0 N–H and O–H groups in total. The van der Waals surface area contributed by atoms with Crippen LogP contribution in [0, 0.1) is 24.2 Å². The highest BCUT2D eigenvalue weighted by Gasteiger charge is 2.18. The highest BCUT2D eigenvalue weighted by molar-refractivity contribution is 5.47. The summed E-state index contributed by atoms with van der Waals surface area (Å²) in [6.45, 7) is 11.8. The van der Waals surface area contributed by atoms with Gasteiger partial charge in [0.2, 0.25) is 0 Å². The molecule has 1 rings (SSSR count). The van der Waals surface area contributed by atoms with Crippen molar-refractivity contribution in [1.82, 2.24) is 4.98 Å². The number of pyridine rings is 1. The number of aryl methyl sites for hydroxylation is 1. The molecule has 0 amide bonds. The van der Waals surface area contributed by atoms with Gasteiger partial charge in [0.25, 0.3) is 0 Å². The summed E-state index contributed by atoms with van der Waals surface area (Å²) in [5.74, 6) is 1.52. The SMILES string of the molecule is CCC(CC)N(CC(C)C)c1cc(C#N)cc(C)n1. The predicted octanol–water partition coefficient (Wildman–Crippen LogP) is 3.91. The first-order valence-electron chi connectivity index (χ1n) is 7.17. The van der Waals surface area contributed by atoms with Crippen molar-refractivity contribution in [2.75, 3.05) is 11.4 Å². The van der Waals surface area contributed by atoms with Crippen molar-refractivity contribution in [1.29, 1.82) is 5.26 Å². The summed E-state index contributed by atoms with van der Waals surface area (Å²) in [6.07, 6.45) is 2.20. The van der Waals surface area contributed by atoms with Gasteiger partial charge in [-0.3, -0.25) is 0 Å². The second kappa shape index (κ2) is 7.13. The molecule has 1 heterocycles. The van der Waals surface area contributed by atoms with Gasteiger partial charge in [-0.2, -0.15) is 5.26 Å². The molecule has 3 nitrogen and oxygen atoms in total. The fourth-order valence-electron chi connectivity index (χ4n) is 2.42. The van der Waals surface area contributed by atoms with Crippen LogP contribution < -0.4 is 4.90 Å². The third kappa shape index (κ3) is 4.24. The van der Waals surface area contributed by atoms with Gasteiger partial charge in [-0.25, -0.2) is 4.98 Å². The molecule has 1 aromatic heterocycles. The molecule has 3 heteroatoms. The van der Waals surface area contributed by atoms with E-state index in [0.717, 1.165) is 30.9 Å². The number of hydrogen-bond acceptors (Lipinski definition) is 3. The van der Waals surface area contributed by atoms with E-state index in [0.29, 0.717) is 17.5 Å². The Hall–Kier alpha value is -1.56. The molecule has 0 atom stereocenters. The Bertz CT molecular complexity index is 442. The van der Waals surface area contributed by atoms with Gasteiger partial charge < -0.3 is 4.90 Å². The second-order valence-corrected chi connectivity index (χ2v) is 5.48. The summed E-state index contributed by atoms with van der Waals surface area (Å²) in [6, 6.07) is 6.46. The zero-order valence-electron chi connectivity index (χ0n) is 12.8. The highest BCUT2D eigenvalue weighted by Crippen LogP contribution is 2.21. The fraction of sp³-hybridized carbons (Fsp3) is 0.625. The van der Waals surface area contributed by atoms with Crippen molar-refractivity contribution in [2.45, 2.75) is 53.5 Å². The standard InChI is InChI=1S/C16H25N3/c1-6-15(7-2)19(11-12(3)4)16-9-14(10-17)8-13(5)18-16/h8-9,12,15H,6-7,11H2,1-5H3. The Kier molecular flexibility index (Phi) is 5.82. The van der Waals surface area contributed by atoms with E-state index in [1.807, 2.05) is 19.1 Å². The Labute approximate surface area is 117 Å². The number of nitriles is 1. The Morgan fingerprint density at radius 2 is 1.89 bits per heavy atom. The molecule has 0 aliphatic rings. The predicted molar refractivity (Wildman–Crippen MR) is 80.2 cm³/mol. The van der Waals surface area contributed by atoms with Crippen molar-refractivity contribution in [2.24, 2.45) is 5.92 Å². The zero-order valence-corrected chi connectivity index (χ0v) is 12.8. The molecule has 0 fully saturated rings. The number of hydrogen-bond donors (Lipinski definition) is 0. The average Bonchev–Trinajstić information content (AvgIpc) is 2.37. The van der Waals surface area contributed by atoms with Gasteiger partial charge >= 0.3 is 0 Å². The first kappa shape index (κ1) is 15.5. The lowest BCUT2D eigenvalue weighted by Crippen LogP contribution is -2.38. The van der Waals surface area contributed by atoms with E-state index in [-0.39, 0.29) is 0 Å². The molecule has 0 aliphatic heterocycles. The van der Waals surface area contributed by atoms with Gasteiger partial charge in [0.1, 0.15) is 5.82 Å². The van der Waals surface area contributed by atoms with E-state index in [1.54, 1.807) is 0 Å². The maximum absolute atomic E-state index is 9.11. The molecule has 19 heavy (non-hydrogen) atoms. The maximum atomic E-state index is 9.11. The first-order chi connectivity index (χ1) is 9.01. The second-order valence-electron chi connectivity index (χ2n) is 5.48. The number of aromatic nitrogens is 1. The van der Waals surface area contributed by atoms with E-state index in [2.05, 4.69) is 43.6 Å².